The zero-order chi connectivity index (χ0) is 12.7. The second-order valence-corrected chi connectivity index (χ2v) is 4.66. The van der Waals surface area contributed by atoms with Gasteiger partial charge in [0.1, 0.15) is 0 Å². The van der Waals surface area contributed by atoms with Crippen LogP contribution in [0.25, 0.3) is 0 Å². The Morgan fingerprint density at radius 3 is 2.59 bits per heavy atom. The molecule has 0 aliphatic heterocycles. The highest BCUT2D eigenvalue weighted by atomic mass is 35.5. The Bertz CT molecular complexity index is 339. The topological polar surface area (TPSA) is 18.5 Å². The Kier molecular flexibility index (Phi) is 6.20. The summed E-state index contributed by atoms with van der Waals surface area (Å²) in [5.74, 6) is 1.59. The molecule has 0 aromatic heterocycles. The summed E-state index contributed by atoms with van der Waals surface area (Å²) in [6.45, 7) is 4.88. The first-order valence-electron chi connectivity index (χ1n) is 6.15. The minimum Gasteiger partial charge on any atom is -0.493 e. The number of hydrogen-bond donors (Lipinski definition) is 0. The molecule has 0 spiro atoms. The van der Waals surface area contributed by atoms with E-state index in [4.69, 9.17) is 21.1 Å². The summed E-state index contributed by atoms with van der Waals surface area (Å²) in [5, 5.41) is 0.183. The van der Waals surface area contributed by atoms with Crippen molar-refractivity contribution in [1.82, 2.24) is 0 Å². The molecular formula is C14H21ClO2. The van der Waals surface area contributed by atoms with Crippen molar-refractivity contribution in [3.8, 4) is 11.5 Å². The smallest absolute Gasteiger partial charge is 0.161 e. The largest absolute Gasteiger partial charge is 0.493 e. The van der Waals surface area contributed by atoms with Gasteiger partial charge in [0.15, 0.2) is 11.5 Å². The molecule has 1 atom stereocenters. The molecule has 0 saturated carbocycles. The molecular weight excluding hydrogens is 236 g/mol. The van der Waals surface area contributed by atoms with E-state index in [0.717, 1.165) is 30.8 Å². The summed E-state index contributed by atoms with van der Waals surface area (Å²) in [6, 6.07) is 6.02. The van der Waals surface area contributed by atoms with Gasteiger partial charge in [0.05, 0.1) is 13.7 Å². The van der Waals surface area contributed by atoms with Crippen molar-refractivity contribution in [3.63, 3.8) is 0 Å². The third kappa shape index (κ3) is 4.47. The van der Waals surface area contributed by atoms with E-state index in [2.05, 4.69) is 13.8 Å². The van der Waals surface area contributed by atoms with Crippen molar-refractivity contribution in [2.45, 2.75) is 38.5 Å². The molecule has 0 bridgehead atoms. The first-order chi connectivity index (χ1) is 8.21. The zero-order valence-electron chi connectivity index (χ0n) is 10.8. The van der Waals surface area contributed by atoms with Gasteiger partial charge in [-0.2, -0.15) is 0 Å². The van der Waals surface area contributed by atoms with Crippen LogP contribution in [0, 0.1) is 0 Å². The highest BCUT2D eigenvalue weighted by Gasteiger charge is 2.08. The molecule has 1 rings (SSSR count). The van der Waals surface area contributed by atoms with Crippen LogP contribution in [0.4, 0.5) is 0 Å². The van der Waals surface area contributed by atoms with E-state index in [0.29, 0.717) is 6.61 Å². The summed E-state index contributed by atoms with van der Waals surface area (Å²) >= 11 is 6.16. The molecule has 0 radical (unpaired) electrons. The number of ether oxygens (including phenoxy) is 2. The predicted octanol–water partition coefficient (Wildman–Crippen LogP) is 4.04. The maximum absolute atomic E-state index is 6.16. The van der Waals surface area contributed by atoms with Gasteiger partial charge in [0.2, 0.25) is 0 Å². The van der Waals surface area contributed by atoms with E-state index in [1.165, 1.54) is 5.56 Å². The van der Waals surface area contributed by atoms with E-state index in [1.807, 2.05) is 18.2 Å². The van der Waals surface area contributed by atoms with E-state index in [1.54, 1.807) is 7.11 Å². The Labute approximate surface area is 109 Å². The lowest BCUT2D eigenvalue weighted by molar-refractivity contribution is 0.294. The Morgan fingerprint density at radius 2 is 2.00 bits per heavy atom. The first-order valence-corrected chi connectivity index (χ1v) is 6.58. The third-order valence-electron chi connectivity index (χ3n) is 2.59. The number of alkyl halides is 1. The average molecular weight is 257 g/mol. The highest BCUT2D eigenvalue weighted by Crippen LogP contribution is 2.29. The van der Waals surface area contributed by atoms with Gasteiger partial charge < -0.3 is 9.47 Å². The molecule has 1 aromatic carbocycles. The zero-order valence-corrected chi connectivity index (χ0v) is 11.6. The maximum Gasteiger partial charge on any atom is 0.161 e. The second kappa shape index (κ2) is 7.44. The van der Waals surface area contributed by atoms with E-state index < -0.39 is 0 Å². The molecule has 0 fully saturated rings. The fourth-order valence-electron chi connectivity index (χ4n) is 1.57. The quantitative estimate of drug-likeness (QED) is 0.686. The molecule has 3 heteroatoms. The summed E-state index contributed by atoms with van der Waals surface area (Å²) in [5.41, 5.74) is 1.19. The SMILES string of the molecule is CCCOc1cc(CC(Cl)CC)ccc1OC. The molecule has 17 heavy (non-hydrogen) atoms. The Balaban J connectivity index is 2.80. The van der Waals surface area contributed by atoms with Crippen molar-refractivity contribution in [3.05, 3.63) is 23.8 Å². The van der Waals surface area contributed by atoms with Crippen molar-refractivity contribution >= 4 is 11.6 Å². The van der Waals surface area contributed by atoms with E-state index in [-0.39, 0.29) is 5.38 Å². The minimum atomic E-state index is 0.183. The third-order valence-corrected chi connectivity index (χ3v) is 3.05. The van der Waals surface area contributed by atoms with Crippen molar-refractivity contribution in [2.24, 2.45) is 0 Å². The molecule has 0 heterocycles. The van der Waals surface area contributed by atoms with Crippen LogP contribution in [0.5, 0.6) is 11.5 Å². The van der Waals surface area contributed by atoms with E-state index >= 15 is 0 Å². The first kappa shape index (κ1) is 14.2. The molecule has 1 aromatic rings. The van der Waals surface area contributed by atoms with Gasteiger partial charge in [-0.05, 0) is 37.0 Å². The standard InChI is InChI=1S/C14H21ClO2/c1-4-8-17-14-10-11(9-12(15)5-2)6-7-13(14)16-3/h6-7,10,12H,4-5,8-9H2,1-3H3. The normalized spacial score (nSPS) is 12.2. The van der Waals surface area contributed by atoms with Crippen LogP contribution < -0.4 is 9.47 Å². The van der Waals surface area contributed by atoms with Gasteiger partial charge >= 0.3 is 0 Å². The number of halogens is 1. The fourth-order valence-corrected chi connectivity index (χ4v) is 1.75. The van der Waals surface area contributed by atoms with Gasteiger partial charge in [0, 0.05) is 5.38 Å². The molecule has 0 aliphatic rings. The van der Waals surface area contributed by atoms with Gasteiger partial charge in [-0.1, -0.05) is 19.9 Å². The van der Waals surface area contributed by atoms with Crippen LogP contribution in [-0.2, 0) is 6.42 Å². The molecule has 2 nitrogen and oxygen atoms in total. The van der Waals surface area contributed by atoms with Gasteiger partial charge in [-0.15, -0.1) is 11.6 Å². The van der Waals surface area contributed by atoms with Crippen LogP contribution >= 0.6 is 11.6 Å². The number of benzene rings is 1. The number of hydrogen-bond acceptors (Lipinski definition) is 2. The average Bonchev–Trinajstić information content (AvgIpc) is 2.36. The van der Waals surface area contributed by atoms with Crippen molar-refractivity contribution in [1.29, 1.82) is 0 Å². The van der Waals surface area contributed by atoms with Crippen molar-refractivity contribution < 1.29 is 9.47 Å². The van der Waals surface area contributed by atoms with Crippen LogP contribution in [-0.4, -0.2) is 19.1 Å². The molecule has 0 amide bonds. The summed E-state index contributed by atoms with van der Waals surface area (Å²) in [4.78, 5) is 0. The summed E-state index contributed by atoms with van der Waals surface area (Å²) in [7, 11) is 1.66. The van der Waals surface area contributed by atoms with Crippen LogP contribution in [0.3, 0.4) is 0 Å². The van der Waals surface area contributed by atoms with Crippen LogP contribution in [0.1, 0.15) is 32.3 Å². The monoisotopic (exact) mass is 256 g/mol. The number of methoxy groups -OCH3 is 1. The minimum absolute atomic E-state index is 0.183. The van der Waals surface area contributed by atoms with Crippen LogP contribution in [0.2, 0.25) is 0 Å². The van der Waals surface area contributed by atoms with Gasteiger partial charge in [-0.3, -0.25) is 0 Å². The lowest BCUT2D eigenvalue weighted by Crippen LogP contribution is -2.03. The fraction of sp³-hybridized carbons (Fsp3) is 0.571. The molecule has 96 valence electrons. The molecule has 0 aliphatic carbocycles. The number of rotatable bonds is 7. The molecule has 1 unspecified atom stereocenters. The Morgan fingerprint density at radius 1 is 1.24 bits per heavy atom. The lowest BCUT2D eigenvalue weighted by atomic mass is 10.1. The molecule has 0 saturated heterocycles. The highest BCUT2D eigenvalue weighted by molar-refractivity contribution is 6.20. The molecule has 0 N–H and O–H groups in total. The summed E-state index contributed by atoms with van der Waals surface area (Å²) in [6.07, 6.45) is 2.82. The Hall–Kier alpha value is -0.890. The predicted molar refractivity (Wildman–Crippen MR) is 72.4 cm³/mol. The lowest BCUT2D eigenvalue weighted by Gasteiger charge is -2.13. The van der Waals surface area contributed by atoms with Gasteiger partial charge in [-0.25, -0.2) is 0 Å². The summed E-state index contributed by atoms with van der Waals surface area (Å²) < 4.78 is 10.9. The van der Waals surface area contributed by atoms with Crippen LogP contribution in [0.15, 0.2) is 18.2 Å². The van der Waals surface area contributed by atoms with Crippen molar-refractivity contribution in [2.75, 3.05) is 13.7 Å². The maximum atomic E-state index is 6.16. The second-order valence-electron chi connectivity index (χ2n) is 4.04. The van der Waals surface area contributed by atoms with Gasteiger partial charge in [0.25, 0.3) is 0 Å². The van der Waals surface area contributed by atoms with E-state index in [9.17, 15) is 0 Å².